The number of pyridine rings is 1. The minimum atomic E-state index is -0.0583. The van der Waals surface area contributed by atoms with Gasteiger partial charge in [0.05, 0.1) is 30.6 Å². The van der Waals surface area contributed by atoms with Gasteiger partial charge in [0.25, 0.3) is 0 Å². The molecule has 1 saturated heterocycles. The van der Waals surface area contributed by atoms with Gasteiger partial charge in [0, 0.05) is 23.3 Å². The largest absolute Gasteiger partial charge is 0.467 e. The van der Waals surface area contributed by atoms with Crippen LogP contribution in [-0.4, -0.2) is 14.7 Å². The maximum absolute atomic E-state index is 5.90. The van der Waals surface area contributed by atoms with Crippen LogP contribution in [0.5, 0.6) is 0 Å². The molecule has 33 heavy (non-hydrogen) atoms. The fourth-order valence-corrected chi connectivity index (χ4v) is 5.31. The summed E-state index contributed by atoms with van der Waals surface area (Å²) in [4.78, 5) is 6.94. The molecular weight excluding hydrogens is 428 g/mol. The third kappa shape index (κ3) is 3.95. The fourth-order valence-electron chi connectivity index (χ4n) is 4.97. The zero-order chi connectivity index (χ0) is 23.1. The molecule has 3 aromatic heterocycles. The molecule has 0 radical (unpaired) electrons. The lowest BCUT2D eigenvalue weighted by molar-refractivity contribution is 0.488. The molecule has 1 fully saturated rings. The highest BCUT2D eigenvalue weighted by molar-refractivity contribution is 7.80. The average molecular weight is 457 g/mol. The lowest BCUT2D eigenvalue weighted by atomic mass is 9.96. The first-order valence-electron chi connectivity index (χ1n) is 11.2. The van der Waals surface area contributed by atoms with Gasteiger partial charge in [-0.2, -0.15) is 0 Å². The number of aryl methyl sites for hydroxylation is 3. The van der Waals surface area contributed by atoms with Gasteiger partial charge in [-0.3, -0.25) is 4.98 Å². The number of nitrogens with zero attached hydrogens (tertiary/aromatic N) is 3. The number of rotatable bonds is 5. The van der Waals surface area contributed by atoms with Crippen molar-refractivity contribution in [2.24, 2.45) is 0 Å². The molecular formula is C27H28N4OS. The molecule has 4 heterocycles. The van der Waals surface area contributed by atoms with Gasteiger partial charge >= 0.3 is 0 Å². The first kappa shape index (κ1) is 21.5. The molecule has 0 spiro atoms. The zero-order valence-corrected chi connectivity index (χ0v) is 20.2. The Hall–Kier alpha value is -3.38. The Morgan fingerprint density at radius 3 is 2.45 bits per heavy atom. The van der Waals surface area contributed by atoms with E-state index in [1.165, 1.54) is 28.1 Å². The Balaban J connectivity index is 1.65. The van der Waals surface area contributed by atoms with Gasteiger partial charge in [-0.15, -0.1) is 0 Å². The van der Waals surface area contributed by atoms with Gasteiger partial charge in [-0.25, -0.2) is 0 Å². The number of furan rings is 1. The predicted octanol–water partition coefficient (Wildman–Crippen LogP) is 5.94. The van der Waals surface area contributed by atoms with Crippen molar-refractivity contribution in [1.29, 1.82) is 0 Å². The van der Waals surface area contributed by atoms with E-state index in [0.717, 1.165) is 22.3 Å². The fraction of sp³-hybridized carbons (Fsp3) is 0.259. The van der Waals surface area contributed by atoms with Crippen molar-refractivity contribution in [3.05, 3.63) is 107 Å². The van der Waals surface area contributed by atoms with Crippen LogP contribution in [0, 0.1) is 27.7 Å². The van der Waals surface area contributed by atoms with Crippen molar-refractivity contribution in [2.45, 2.75) is 46.3 Å². The number of anilines is 1. The Morgan fingerprint density at radius 2 is 1.79 bits per heavy atom. The van der Waals surface area contributed by atoms with E-state index in [1.807, 2.05) is 30.5 Å². The van der Waals surface area contributed by atoms with E-state index < -0.39 is 0 Å². The molecule has 5 rings (SSSR count). The van der Waals surface area contributed by atoms with Crippen molar-refractivity contribution in [3.63, 3.8) is 0 Å². The molecule has 168 valence electrons. The summed E-state index contributed by atoms with van der Waals surface area (Å²) in [5.74, 6) is 0.941. The van der Waals surface area contributed by atoms with Crippen molar-refractivity contribution in [2.75, 3.05) is 4.90 Å². The lowest BCUT2D eigenvalue weighted by Crippen LogP contribution is -2.29. The minimum Gasteiger partial charge on any atom is -0.467 e. The van der Waals surface area contributed by atoms with Crippen molar-refractivity contribution < 1.29 is 4.42 Å². The summed E-state index contributed by atoms with van der Waals surface area (Å²) in [7, 11) is 0. The average Bonchev–Trinajstić information content (AvgIpc) is 3.48. The molecule has 0 amide bonds. The topological polar surface area (TPSA) is 46.2 Å². The second kappa shape index (κ2) is 8.52. The number of aromatic nitrogens is 2. The summed E-state index contributed by atoms with van der Waals surface area (Å²) >= 11 is 5.90. The SMILES string of the molecule is Cc1cc(C)cc(N2C(=S)N[C@@H](c3ccccn3)[C@H]2c2cc(C)n(Cc3ccco3)c2C)c1. The number of hydrogen-bond donors (Lipinski definition) is 1. The van der Waals surface area contributed by atoms with E-state index in [4.69, 9.17) is 16.6 Å². The smallest absolute Gasteiger partial charge is 0.174 e. The van der Waals surface area contributed by atoms with Crippen LogP contribution in [-0.2, 0) is 6.54 Å². The first-order valence-corrected chi connectivity index (χ1v) is 11.6. The van der Waals surface area contributed by atoms with E-state index in [0.29, 0.717) is 6.54 Å². The van der Waals surface area contributed by atoms with Gasteiger partial charge in [-0.1, -0.05) is 12.1 Å². The molecule has 4 aromatic rings. The minimum absolute atomic E-state index is 0.0230. The van der Waals surface area contributed by atoms with Crippen molar-refractivity contribution in [3.8, 4) is 0 Å². The summed E-state index contributed by atoms with van der Waals surface area (Å²) in [5, 5.41) is 4.29. The summed E-state index contributed by atoms with van der Waals surface area (Å²) < 4.78 is 7.94. The van der Waals surface area contributed by atoms with Gasteiger partial charge in [-0.05, 0) is 99.1 Å². The van der Waals surface area contributed by atoms with E-state index in [2.05, 4.69) is 77.8 Å². The van der Waals surface area contributed by atoms with Crippen LogP contribution < -0.4 is 10.2 Å². The molecule has 1 N–H and O–H groups in total. The molecule has 1 aliphatic rings. The molecule has 0 saturated carbocycles. The van der Waals surface area contributed by atoms with E-state index in [9.17, 15) is 0 Å². The van der Waals surface area contributed by atoms with Crippen LogP contribution in [0.3, 0.4) is 0 Å². The summed E-state index contributed by atoms with van der Waals surface area (Å²) in [6.07, 6.45) is 3.57. The standard InChI is InChI=1S/C27H28N4OS/c1-17-12-18(2)14-21(13-17)31-26(25(29-27(31)33)24-9-5-6-10-28-24)23-15-19(3)30(20(23)4)16-22-8-7-11-32-22/h5-15,25-26H,16H2,1-4H3,(H,29,33)/t25-,26+/m0/s1. The normalized spacial score (nSPS) is 18.1. The lowest BCUT2D eigenvalue weighted by Gasteiger charge is -2.28. The highest BCUT2D eigenvalue weighted by Crippen LogP contribution is 2.43. The van der Waals surface area contributed by atoms with Crippen molar-refractivity contribution in [1.82, 2.24) is 14.9 Å². The van der Waals surface area contributed by atoms with Gasteiger partial charge < -0.3 is 19.2 Å². The van der Waals surface area contributed by atoms with Gasteiger partial charge in [0.1, 0.15) is 5.76 Å². The van der Waals surface area contributed by atoms with Crippen LogP contribution in [0.2, 0.25) is 0 Å². The first-order chi connectivity index (χ1) is 15.9. The molecule has 1 aromatic carbocycles. The quantitative estimate of drug-likeness (QED) is 0.377. The van der Waals surface area contributed by atoms with Gasteiger partial charge in [0.15, 0.2) is 5.11 Å². The number of hydrogen-bond acceptors (Lipinski definition) is 3. The van der Waals surface area contributed by atoms with E-state index in [-0.39, 0.29) is 12.1 Å². The summed E-state index contributed by atoms with van der Waals surface area (Å²) in [6.45, 7) is 9.29. The number of thiocarbonyl (C=S) groups is 1. The van der Waals surface area contributed by atoms with Crippen LogP contribution in [0.25, 0.3) is 0 Å². The monoisotopic (exact) mass is 456 g/mol. The molecule has 6 heteroatoms. The molecule has 0 unspecified atom stereocenters. The van der Waals surface area contributed by atoms with E-state index >= 15 is 0 Å². The molecule has 0 bridgehead atoms. The maximum atomic E-state index is 5.90. The highest BCUT2D eigenvalue weighted by Gasteiger charge is 2.42. The van der Waals surface area contributed by atoms with E-state index in [1.54, 1.807) is 6.26 Å². The highest BCUT2D eigenvalue weighted by atomic mass is 32.1. The zero-order valence-electron chi connectivity index (χ0n) is 19.4. The summed E-state index contributed by atoms with van der Waals surface area (Å²) in [6, 6.07) is 18.8. The maximum Gasteiger partial charge on any atom is 0.174 e. The van der Waals surface area contributed by atoms with Crippen LogP contribution >= 0.6 is 12.2 Å². The number of nitrogens with one attached hydrogen (secondary N) is 1. The Kier molecular flexibility index (Phi) is 5.54. The second-order valence-electron chi connectivity index (χ2n) is 8.83. The van der Waals surface area contributed by atoms with Crippen LogP contribution in [0.15, 0.2) is 71.5 Å². The Morgan fingerprint density at radius 1 is 1.00 bits per heavy atom. The summed E-state index contributed by atoms with van der Waals surface area (Å²) in [5.41, 5.74) is 8.15. The third-order valence-electron chi connectivity index (χ3n) is 6.41. The third-order valence-corrected chi connectivity index (χ3v) is 6.72. The Bertz CT molecular complexity index is 1270. The molecule has 5 nitrogen and oxygen atoms in total. The Labute approximate surface area is 200 Å². The second-order valence-corrected chi connectivity index (χ2v) is 9.22. The number of benzene rings is 1. The molecule has 2 atom stereocenters. The van der Waals surface area contributed by atoms with Gasteiger partial charge in [0.2, 0.25) is 0 Å². The molecule has 0 aliphatic carbocycles. The van der Waals surface area contributed by atoms with Crippen molar-refractivity contribution >= 4 is 23.0 Å². The van der Waals surface area contributed by atoms with Crippen LogP contribution in [0.1, 0.15) is 51.6 Å². The molecule has 1 aliphatic heterocycles. The predicted molar refractivity (Wildman–Crippen MR) is 136 cm³/mol. The van der Waals surface area contributed by atoms with Crippen LogP contribution in [0.4, 0.5) is 5.69 Å².